The number of non-ortho nitro benzene ring substituents is 1. The average Bonchev–Trinajstić information content (AvgIpc) is 2.45. The van der Waals surface area contributed by atoms with Crippen molar-refractivity contribution in [2.24, 2.45) is 11.7 Å². The zero-order valence-corrected chi connectivity index (χ0v) is 15.9. The van der Waals surface area contributed by atoms with Gasteiger partial charge in [0.25, 0.3) is 5.69 Å². The van der Waals surface area contributed by atoms with E-state index in [9.17, 15) is 14.9 Å². The summed E-state index contributed by atoms with van der Waals surface area (Å²) in [7, 11) is 1.74. The molecular weight excluding hydrogens is 386 g/mol. The number of hydrogen-bond acceptors (Lipinski definition) is 4. The number of carbonyl (C=O) groups is 1. The van der Waals surface area contributed by atoms with Crippen LogP contribution >= 0.6 is 28.3 Å². The highest BCUT2D eigenvalue weighted by Gasteiger charge is 2.16. The quantitative estimate of drug-likeness (QED) is 0.554. The van der Waals surface area contributed by atoms with Crippen molar-refractivity contribution in [3.8, 4) is 0 Å². The molecule has 0 fully saturated rings. The lowest BCUT2D eigenvalue weighted by atomic mass is 10.0. The van der Waals surface area contributed by atoms with Crippen molar-refractivity contribution < 1.29 is 9.72 Å². The van der Waals surface area contributed by atoms with Gasteiger partial charge in [0.2, 0.25) is 5.91 Å². The molecule has 0 aliphatic rings. The summed E-state index contributed by atoms with van der Waals surface area (Å²) in [6, 6.07) is 4.49. The second-order valence-corrected chi connectivity index (χ2v) is 6.58. The normalized spacial score (nSPS) is 11.7. The van der Waals surface area contributed by atoms with Crippen LogP contribution in [-0.4, -0.2) is 35.4 Å². The Morgan fingerprint density at radius 2 is 2.04 bits per heavy atom. The van der Waals surface area contributed by atoms with E-state index in [1.54, 1.807) is 18.0 Å². The molecule has 0 aromatic heterocycles. The van der Waals surface area contributed by atoms with Crippen molar-refractivity contribution in [2.45, 2.75) is 32.7 Å². The van der Waals surface area contributed by atoms with E-state index in [0.717, 1.165) is 12.0 Å². The molecule has 0 radical (unpaired) electrons. The second kappa shape index (κ2) is 9.85. The van der Waals surface area contributed by atoms with E-state index in [4.69, 9.17) is 5.73 Å². The Kier molecular flexibility index (Phi) is 9.34. The van der Waals surface area contributed by atoms with Gasteiger partial charge in [-0.3, -0.25) is 14.9 Å². The lowest BCUT2D eigenvalue weighted by Crippen LogP contribution is -2.35. The number of nitro benzene ring substituents is 1. The Morgan fingerprint density at radius 1 is 1.43 bits per heavy atom. The first-order valence-electron chi connectivity index (χ1n) is 7.14. The molecule has 23 heavy (non-hydrogen) atoms. The molecule has 2 N–H and O–H groups in total. The summed E-state index contributed by atoms with van der Waals surface area (Å²) in [6.45, 7) is 4.71. The minimum atomic E-state index is -0.463. The van der Waals surface area contributed by atoms with E-state index >= 15 is 0 Å². The Labute approximate surface area is 151 Å². The molecule has 6 nitrogen and oxygen atoms in total. The molecule has 1 amide bonds. The highest BCUT2D eigenvalue weighted by atomic mass is 79.9. The zero-order valence-electron chi connectivity index (χ0n) is 13.5. The van der Waals surface area contributed by atoms with Crippen molar-refractivity contribution in [3.63, 3.8) is 0 Å². The van der Waals surface area contributed by atoms with Gasteiger partial charge < -0.3 is 10.6 Å². The maximum absolute atomic E-state index is 12.2. The SMILES string of the molecule is CC(C)C(N)CCN(C)C(=O)Cc1ccc([N+](=O)[O-])cc1Br.Cl. The first-order valence-corrected chi connectivity index (χ1v) is 7.94. The number of nitrogens with zero attached hydrogens (tertiary/aromatic N) is 2. The molecule has 1 aromatic rings. The number of likely N-dealkylation sites (N-methyl/N-ethyl adjacent to an activating group) is 1. The van der Waals surface area contributed by atoms with Gasteiger partial charge in [0.05, 0.1) is 11.3 Å². The predicted octanol–water partition coefficient (Wildman–Crippen LogP) is 3.15. The number of carbonyl (C=O) groups excluding carboxylic acids is 1. The van der Waals surface area contributed by atoms with E-state index in [1.807, 2.05) is 0 Å². The summed E-state index contributed by atoms with van der Waals surface area (Å²) in [5.41, 5.74) is 6.71. The van der Waals surface area contributed by atoms with Crippen LogP contribution in [0.5, 0.6) is 0 Å². The van der Waals surface area contributed by atoms with Crippen LogP contribution in [-0.2, 0) is 11.2 Å². The lowest BCUT2D eigenvalue weighted by Gasteiger charge is -2.21. The van der Waals surface area contributed by atoms with E-state index < -0.39 is 4.92 Å². The smallest absolute Gasteiger partial charge is 0.270 e. The first kappa shape index (κ1) is 21.8. The van der Waals surface area contributed by atoms with Crippen LogP contribution < -0.4 is 5.73 Å². The third-order valence-electron chi connectivity index (χ3n) is 3.67. The molecule has 0 aliphatic heterocycles. The Balaban J connectivity index is 0.00000484. The summed E-state index contributed by atoms with van der Waals surface area (Å²) in [5.74, 6) is 0.345. The summed E-state index contributed by atoms with van der Waals surface area (Å²) in [5, 5.41) is 10.7. The standard InChI is InChI=1S/C15H22BrN3O3.ClH/c1-10(2)14(17)6-7-18(3)15(20)8-11-4-5-12(19(21)22)9-13(11)16;/h4-5,9-10,14H,6-8,17H2,1-3H3;1H. The minimum Gasteiger partial charge on any atom is -0.345 e. The number of hydrogen-bond donors (Lipinski definition) is 1. The van der Waals surface area contributed by atoms with Gasteiger partial charge in [0.15, 0.2) is 0 Å². The predicted molar refractivity (Wildman–Crippen MR) is 96.8 cm³/mol. The molecule has 1 unspecified atom stereocenters. The van der Waals surface area contributed by atoms with Crippen molar-refractivity contribution >= 4 is 39.9 Å². The second-order valence-electron chi connectivity index (χ2n) is 5.72. The molecular formula is C15H23BrClN3O3. The summed E-state index contributed by atoms with van der Waals surface area (Å²) in [6.07, 6.45) is 0.952. The molecule has 8 heteroatoms. The van der Waals surface area contributed by atoms with Crippen LogP contribution in [0.15, 0.2) is 22.7 Å². The van der Waals surface area contributed by atoms with Gasteiger partial charge in [0, 0.05) is 36.2 Å². The fourth-order valence-corrected chi connectivity index (χ4v) is 2.40. The molecule has 0 saturated carbocycles. The van der Waals surface area contributed by atoms with Crippen molar-refractivity contribution in [1.82, 2.24) is 4.90 Å². The first-order chi connectivity index (χ1) is 10.2. The number of nitrogens with two attached hydrogens (primary N) is 1. The Morgan fingerprint density at radius 3 is 2.52 bits per heavy atom. The number of benzene rings is 1. The average molecular weight is 409 g/mol. The summed E-state index contributed by atoms with van der Waals surface area (Å²) < 4.78 is 0.572. The van der Waals surface area contributed by atoms with Crippen molar-refractivity contribution in [3.05, 3.63) is 38.3 Å². The molecule has 0 bridgehead atoms. The van der Waals surface area contributed by atoms with Crippen molar-refractivity contribution in [2.75, 3.05) is 13.6 Å². The summed E-state index contributed by atoms with van der Waals surface area (Å²) >= 11 is 3.28. The third kappa shape index (κ3) is 6.85. The molecule has 0 spiro atoms. The fourth-order valence-electron chi connectivity index (χ4n) is 1.89. The van der Waals surface area contributed by atoms with Gasteiger partial charge in [0.1, 0.15) is 0 Å². The maximum Gasteiger partial charge on any atom is 0.270 e. The molecule has 130 valence electrons. The van der Waals surface area contributed by atoms with Gasteiger partial charge in [-0.05, 0) is 17.9 Å². The highest BCUT2D eigenvalue weighted by Crippen LogP contribution is 2.23. The highest BCUT2D eigenvalue weighted by molar-refractivity contribution is 9.10. The van der Waals surface area contributed by atoms with E-state index in [0.29, 0.717) is 16.9 Å². The number of nitro groups is 1. The Bertz CT molecular complexity index is 555. The third-order valence-corrected chi connectivity index (χ3v) is 4.41. The van der Waals surface area contributed by atoms with Gasteiger partial charge in [-0.15, -0.1) is 12.4 Å². The van der Waals surface area contributed by atoms with Crippen molar-refractivity contribution in [1.29, 1.82) is 0 Å². The largest absolute Gasteiger partial charge is 0.345 e. The molecule has 0 aliphatic carbocycles. The molecule has 0 heterocycles. The van der Waals surface area contributed by atoms with E-state index in [1.165, 1.54) is 12.1 Å². The minimum absolute atomic E-state index is 0. The molecule has 0 saturated heterocycles. The van der Waals surface area contributed by atoms with Crippen LogP contribution in [0.4, 0.5) is 5.69 Å². The number of amides is 1. The summed E-state index contributed by atoms with van der Waals surface area (Å²) in [4.78, 5) is 24.1. The van der Waals surface area contributed by atoms with Gasteiger partial charge in [-0.1, -0.05) is 35.8 Å². The van der Waals surface area contributed by atoms with Crippen LogP contribution in [0, 0.1) is 16.0 Å². The number of rotatable bonds is 7. The number of halogens is 2. The van der Waals surface area contributed by atoms with Gasteiger partial charge in [-0.25, -0.2) is 0 Å². The Hall–Kier alpha value is -1.18. The van der Waals surface area contributed by atoms with Crippen LogP contribution in [0.3, 0.4) is 0 Å². The van der Waals surface area contributed by atoms with Gasteiger partial charge >= 0.3 is 0 Å². The van der Waals surface area contributed by atoms with Crippen LogP contribution in [0.25, 0.3) is 0 Å². The topological polar surface area (TPSA) is 89.5 Å². The van der Waals surface area contributed by atoms with Crippen LogP contribution in [0.1, 0.15) is 25.8 Å². The fraction of sp³-hybridized carbons (Fsp3) is 0.533. The van der Waals surface area contributed by atoms with E-state index in [2.05, 4.69) is 29.8 Å². The van der Waals surface area contributed by atoms with Crippen LogP contribution in [0.2, 0.25) is 0 Å². The lowest BCUT2D eigenvalue weighted by molar-refractivity contribution is -0.384. The van der Waals surface area contributed by atoms with Gasteiger partial charge in [-0.2, -0.15) is 0 Å². The molecule has 1 aromatic carbocycles. The monoisotopic (exact) mass is 407 g/mol. The molecule has 1 atom stereocenters. The molecule has 1 rings (SSSR count). The maximum atomic E-state index is 12.2. The zero-order chi connectivity index (χ0) is 16.9. The van der Waals surface area contributed by atoms with E-state index in [-0.39, 0.29) is 36.5 Å².